The number of imidazole rings is 1. The number of hydrogen-bond acceptors (Lipinski definition) is 7. The predicted octanol–water partition coefficient (Wildman–Crippen LogP) is 7.58. The van der Waals surface area contributed by atoms with Gasteiger partial charge in [-0.2, -0.15) is 0 Å². The van der Waals surface area contributed by atoms with Crippen LogP contribution in [-0.2, 0) is 19.0 Å². The maximum atomic E-state index is 13.3. The van der Waals surface area contributed by atoms with Gasteiger partial charge < -0.3 is 24.2 Å². The van der Waals surface area contributed by atoms with Crippen LogP contribution in [0.15, 0.2) is 67.4 Å². The van der Waals surface area contributed by atoms with Crippen molar-refractivity contribution in [1.82, 2.24) is 9.38 Å². The van der Waals surface area contributed by atoms with Gasteiger partial charge in [0, 0.05) is 36.0 Å². The second kappa shape index (κ2) is 12.7. The Balaban J connectivity index is 1.66. The molecule has 1 atom stereocenters. The van der Waals surface area contributed by atoms with Crippen LogP contribution in [0.4, 0.5) is 5.82 Å². The van der Waals surface area contributed by atoms with Crippen LogP contribution in [0.2, 0.25) is 0 Å². The first-order valence-corrected chi connectivity index (χ1v) is 15.5. The van der Waals surface area contributed by atoms with E-state index in [0.717, 1.165) is 76.5 Å². The topological polar surface area (TPSA) is 85.5 Å². The van der Waals surface area contributed by atoms with E-state index in [0.29, 0.717) is 6.61 Å². The van der Waals surface area contributed by atoms with Crippen molar-refractivity contribution in [1.29, 1.82) is 0 Å². The Bertz CT molecular complexity index is 1710. The van der Waals surface area contributed by atoms with Crippen LogP contribution in [0.3, 0.4) is 0 Å². The average Bonchev–Trinajstić information content (AvgIpc) is 3.43. The number of nitrogens with zero attached hydrogens (tertiary/aromatic N) is 3. The lowest BCUT2D eigenvalue weighted by Crippen LogP contribution is -2.45. The number of anilines is 1. The molecule has 0 radical (unpaired) electrons. The summed E-state index contributed by atoms with van der Waals surface area (Å²) >= 11 is 0. The van der Waals surface area contributed by atoms with Crippen LogP contribution in [0.25, 0.3) is 28.0 Å². The van der Waals surface area contributed by atoms with Gasteiger partial charge >= 0.3 is 5.97 Å². The maximum absolute atomic E-state index is 13.3. The lowest BCUT2D eigenvalue weighted by atomic mass is 9.92. The van der Waals surface area contributed by atoms with Crippen molar-refractivity contribution in [3.05, 3.63) is 84.1 Å². The number of ether oxygens (including phenoxy) is 3. The first-order valence-electron chi connectivity index (χ1n) is 15.5. The summed E-state index contributed by atoms with van der Waals surface area (Å²) in [7, 11) is 1.40. The summed E-state index contributed by atoms with van der Waals surface area (Å²) in [6, 6.07) is 15.6. The monoisotopic (exact) mass is 611 g/mol. The Morgan fingerprint density at radius 2 is 1.82 bits per heavy atom. The van der Waals surface area contributed by atoms with Gasteiger partial charge in [-0.15, -0.1) is 6.58 Å². The molecule has 0 saturated carbocycles. The van der Waals surface area contributed by atoms with E-state index in [4.69, 9.17) is 19.2 Å². The summed E-state index contributed by atoms with van der Waals surface area (Å²) in [5.74, 6) is 0.648. The molecule has 45 heavy (non-hydrogen) atoms. The smallest absolute Gasteiger partial charge is 0.339 e. The van der Waals surface area contributed by atoms with E-state index in [1.165, 1.54) is 7.11 Å². The molecular weight excluding hydrogens is 566 g/mol. The fraction of sp³-hybridized carbons (Fsp3) is 0.405. The van der Waals surface area contributed by atoms with Crippen molar-refractivity contribution >= 4 is 17.4 Å². The third-order valence-corrected chi connectivity index (χ3v) is 8.41. The molecule has 0 aliphatic carbocycles. The normalized spacial score (nSPS) is 15.7. The lowest BCUT2D eigenvalue weighted by Gasteiger charge is -2.41. The second-order valence-electron chi connectivity index (χ2n) is 13.2. The zero-order valence-electron chi connectivity index (χ0n) is 27.5. The highest BCUT2D eigenvalue weighted by atomic mass is 16.6. The number of carbonyl (C=O) groups excluding carboxylic acids is 1. The van der Waals surface area contributed by atoms with Crippen molar-refractivity contribution in [2.24, 2.45) is 0 Å². The molecule has 238 valence electrons. The fourth-order valence-corrected chi connectivity index (χ4v) is 6.04. The first-order chi connectivity index (χ1) is 21.3. The molecule has 8 nitrogen and oxygen atoms in total. The standard InChI is InChI=1S/C37H45N3O5/c1-9-19-44-37(7)15-17-39(18-16-37)34-32(33(35(42)43-8)45-36(4,5)6)25(3)21-31-38-29(23-40(31)34)27-12-10-11-26(22-27)28-20-24(2)13-14-30(28)41/h9-14,20-23,33,41H,1,15-19H2,2-8H3/t33-/m0/s1. The minimum Gasteiger partial charge on any atom is -0.507 e. The molecule has 1 aliphatic rings. The molecule has 0 spiro atoms. The van der Waals surface area contributed by atoms with E-state index < -0.39 is 17.7 Å². The van der Waals surface area contributed by atoms with Gasteiger partial charge in [-0.1, -0.05) is 35.9 Å². The van der Waals surface area contributed by atoms with Gasteiger partial charge in [0.2, 0.25) is 0 Å². The highest BCUT2D eigenvalue weighted by Gasteiger charge is 2.37. The van der Waals surface area contributed by atoms with E-state index in [2.05, 4.69) is 22.8 Å². The van der Waals surface area contributed by atoms with Gasteiger partial charge in [0.1, 0.15) is 17.2 Å². The lowest BCUT2D eigenvalue weighted by molar-refractivity contribution is -0.164. The van der Waals surface area contributed by atoms with E-state index in [1.54, 1.807) is 12.1 Å². The summed E-state index contributed by atoms with van der Waals surface area (Å²) in [6.07, 6.45) is 4.49. The van der Waals surface area contributed by atoms with Gasteiger partial charge in [-0.25, -0.2) is 9.78 Å². The van der Waals surface area contributed by atoms with Crippen molar-refractivity contribution in [3.63, 3.8) is 0 Å². The Kier molecular flexibility index (Phi) is 9.10. The van der Waals surface area contributed by atoms with Crippen molar-refractivity contribution in [3.8, 4) is 28.1 Å². The van der Waals surface area contributed by atoms with Gasteiger partial charge in [-0.3, -0.25) is 4.40 Å². The highest BCUT2D eigenvalue weighted by molar-refractivity contribution is 5.81. The molecular formula is C37H45N3O5. The number of aryl methyl sites for hydroxylation is 2. The molecule has 1 saturated heterocycles. The van der Waals surface area contributed by atoms with Gasteiger partial charge in [0.15, 0.2) is 6.10 Å². The maximum Gasteiger partial charge on any atom is 0.339 e. The number of aromatic nitrogens is 2. The number of benzene rings is 2. The third-order valence-electron chi connectivity index (χ3n) is 8.41. The summed E-state index contributed by atoms with van der Waals surface area (Å²) < 4.78 is 19.9. The van der Waals surface area contributed by atoms with Gasteiger partial charge in [0.05, 0.1) is 30.6 Å². The van der Waals surface area contributed by atoms with Crippen LogP contribution >= 0.6 is 0 Å². The van der Waals surface area contributed by atoms with Crippen molar-refractivity contribution in [2.75, 3.05) is 31.7 Å². The number of rotatable bonds is 9. The largest absolute Gasteiger partial charge is 0.507 e. The molecule has 1 fully saturated rings. The molecule has 8 heteroatoms. The quantitative estimate of drug-likeness (QED) is 0.154. The molecule has 2 aromatic heterocycles. The number of hydrogen-bond donors (Lipinski definition) is 1. The molecule has 0 bridgehead atoms. The molecule has 0 unspecified atom stereocenters. The predicted molar refractivity (Wildman–Crippen MR) is 179 cm³/mol. The van der Waals surface area contributed by atoms with E-state index in [1.807, 2.05) is 83.3 Å². The molecule has 1 N–H and O–H groups in total. The number of carbonyl (C=O) groups is 1. The van der Waals surface area contributed by atoms with E-state index >= 15 is 0 Å². The SMILES string of the molecule is C=CCOC1(C)CCN(c2c([C@H](OC(C)(C)C)C(=O)OC)c(C)cc3nc(-c4cccc(-c5cc(C)ccc5O)c4)cn23)CC1. The second-order valence-corrected chi connectivity index (χ2v) is 13.2. The van der Waals surface area contributed by atoms with Crippen LogP contribution in [0.1, 0.15) is 63.3 Å². The molecule has 4 aromatic rings. The summed E-state index contributed by atoms with van der Waals surface area (Å²) in [5, 5.41) is 10.6. The Morgan fingerprint density at radius 1 is 1.11 bits per heavy atom. The van der Waals surface area contributed by atoms with E-state index in [9.17, 15) is 9.90 Å². The molecule has 0 amide bonds. The van der Waals surface area contributed by atoms with Gasteiger partial charge in [-0.05, 0) is 89.8 Å². The van der Waals surface area contributed by atoms with E-state index in [-0.39, 0.29) is 11.4 Å². The summed E-state index contributed by atoms with van der Waals surface area (Å²) in [4.78, 5) is 20.7. The third kappa shape index (κ3) is 6.92. The summed E-state index contributed by atoms with van der Waals surface area (Å²) in [6.45, 7) is 17.7. The van der Waals surface area contributed by atoms with Crippen molar-refractivity contribution < 1.29 is 24.1 Å². The number of fused-ring (bicyclic) bond motifs is 1. The number of piperidine rings is 1. The average molecular weight is 612 g/mol. The van der Waals surface area contributed by atoms with Gasteiger partial charge in [0.25, 0.3) is 0 Å². The number of pyridine rings is 1. The zero-order chi connectivity index (χ0) is 32.5. The number of phenolic OH excluding ortho intramolecular Hbond substituents is 1. The number of methoxy groups -OCH3 is 1. The summed E-state index contributed by atoms with van der Waals surface area (Å²) in [5.41, 5.74) is 6.01. The fourth-order valence-electron chi connectivity index (χ4n) is 6.04. The molecule has 3 heterocycles. The zero-order valence-corrected chi connectivity index (χ0v) is 27.5. The highest BCUT2D eigenvalue weighted by Crippen LogP contribution is 2.40. The van der Waals surface area contributed by atoms with Crippen LogP contribution in [0.5, 0.6) is 5.75 Å². The van der Waals surface area contributed by atoms with Crippen LogP contribution in [-0.4, -0.2) is 58.5 Å². The van der Waals surface area contributed by atoms with Crippen molar-refractivity contribution in [2.45, 2.75) is 71.7 Å². The minimum atomic E-state index is -0.932. The molecule has 1 aliphatic heterocycles. The molecule has 2 aromatic carbocycles. The number of esters is 1. The minimum absolute atomic E-state index is 0.233. The number of phenols is 1. The Morgan fingerprint density at radius 3 is 2.49 bits per heavy atom. The first kappa shape index (κ1) is 32.3. The number of aromatic hydroxyl groups is 1. The Labute approximate surface area is 266 Å². The van der Waals surface area contributed by atoms with Crippen LogP contribution < -0.4 is 4.90 Å². The molecule has 5 rings (SSSR count). The Hall–Kier alpha value is -4.14. The van der Waals surface area contributed by atoms with Crippen LogP contribution in [0, 0.1) is 13.8 Å².